The summed E-state index contributed by atoms with van der Waals surface area (Å²) in [7, 11) is 0. The molecule has 9 heteroatoms. The van der Waals surface area contributed by atoms with E-state index in [1.165, 1.54) is 6.08 Å². The van der Waals surface area contributed by atoms with Gasteiger partial charge < -0.3 is 16.4 Å². The minimum absolute atomic E-state index is 0.193. The molecule has 0 aliphatic carbocycles. The zero-order valence-corrected chi connectivity index (χ0v) is 15.8. The predicted molar refractivity (Wildman–Crippen MR) is 109 cm³/mol. The standard InChI is InChI=1S/C20H17F3N4OS/c21-20(22,23)17-12-29-19(27-17)25-11-14-5-3-4-13(10-14)8-9-18(28)26-16-7-2-1-6-15(16)24/h1-10,12H,11,24H2,(H,25,27)(H,26,28)/b9-8+. The lowest BCUT2D eigenvalue weighted by Crippen LogP contribution is -2.09. The molecule has 0 atom stereocenters. The Morgan fingerprint density at radius 3 is 2.69 bits per heavy atom. The first kappa shape index (κ1) is 20.4. The summed E-state index contributed by atoms with van der Waals surface area (Å²) >= 11 is 0.897. The Balaban J connectivity index is 1.59. The third-order valence-corrected chi connectivity index (χ3v) is 4.64. The molecule has 1 heterocycles. The van der Waals surface area contributed by atoms with Crippen LogP contribution in [0, 0.1) is 0 Å². The Morgan fingerprint density at radius 1 is 1.17 bits per heavy atom. The molecule has 0 saturated carbocycles. The van der Waals surface area contributed by atoms with Gasteiger partial charge in [0.2, 0.25) is 5.91 Å². The van der Waals surface area contributed by atoms with Crippen molar-refractivity contribution in [3.63, 3.8) is 0 Å². The summed E-state index contributed by atoms with van der Waals surface area (Å²) in [5.74, 6) is -0.325. The van der Waals surface area contributed by atoms with Gasteiger partial charge in [0, 0.05) is 18.0 Å². The number of benzene rings is 2. The first-order valence-corrected chi connectivity index (χ1v) is 9.38. The number of alkyl halides is 3. The fraction of sp³-hybridized carbons (Fsp3) is 0.100. The minimum Gasteiger partial charge on any atom is -0.397 e. The molecular formula is C20H17F3N4OS. The molecule has 150 valence electrons. The van der Waals surface area contributed by atoms with Crippen LogP contribution < -0.4 is 16.4 Å². The highest BCUT2D eigenvalue weighted by atomic mass is 32.1. The molecule has 0 radical (unpaired) electrons. The summed E-state index contributed by atoms with van der Waals surface area (Å²) < 4.78 is 37.8. The van der Waals surface area contributed by atoms with E-state index >= 15 is 0 Å². The van der Waals surface area contributed by atoms with Crippen molar-refractivity contribution >= 4 is 39.8 Å². The van der Waals surface area contributed by atoms with Crippen LogP contribution >= 0.6 is 11.3 Å². The third kappa shape index (κ3) is 5.82. The van der Waals surface area contributed by atoms with E-state index in [9.17, 15) is 18.0 Å². The number of anilines is 3. The number of carbonyl (C=O) groups excluding carboxylic acids is 1. The average molecular weight is 418 g/mol. The molecule has 0 fully saturated rings. The Kier molecular flexibility index (Phi) is 6.18. The number of nitrogens with one attached hydrogen (secondary N) is 2. The quantitative estimate of drug-likeness (QED) is 0.388. The van der Waals surface area contributed by atoms with Gasteiger partial charge in [-0.3, -0.25) is 4.79 Å². The lowest BCUT2D eigenvalue weighted by molar-refractivity contribution is -0.140. The van der Waals surface area contributed by atoms with Gasteiger partial charge in [-0.1, -0.05) is 30.3 Å². The van der Waals surface area contributed by atoms with Crippen molar-refractivity contribution in [1.29, 1.82) is 0 Å². The van der Waals surface area contributed by atoms with Crippen LogP contribution in [0.25, 0.3) is 6.08 Å². The number of amides is 1. The van der Waals surface area contributed by atoms with Crippen LogP contribution in [0.1, 0.15) is 16.8 Å². The van der Waals surface area contributed by atoms with E-state index in [2.05, 4.69) is 15.6 Å². The van der Waals surface area contributed by atoms with Gasteiger partial charge in [0.15, 0.2) is 10.8 Å². The highest BCUT2D eigenvalue weighted by molar-refractivity contribution is 7.13. The van der Waals surface area contributed by atoms with E-state index < -0.39 is 11.9 Å². The predicted octanol–water partition coefficient (Wildman–Crippen LogP) is 5.01. The second-order valence-corrected chi connectivity index (χ2v) is 6.90. The van der Waals surface area contributed by atoms with Crippen LogP contribution in [-0.2, 0) is 17.5 Å². The van der Waals surface area contributed by atoms with Crippen LogP contribution in [0.4, 0.5) is 29.7 Å². The molecule has 0 unspecified atom stereocenters. The number of thiazole rings is 1. The smallest absolute Gasteiger partial charge is 0.397 e. The van der Waals surface area contributed by atoms with E-state index in [4.69, 9.17) is 5.73 Å². The average Bonchev–Trinajstić information content (AvgIpc) is 3.17. The van der Waals surface area contributed by atoms with Gasteiger partial charge in [-0.25, -0.2) is 4.98 Å². The maximum absolute atomic E-state index is 12.6. The lowest BCUT2D eigenvalue weighted by Gasteiger charge is -2.06. The van der Waals surface area contributed by atoms with Crippen LogP contribution in [0.3, 0.4) is 0 Å². The van der Waals surface area contributed by atoms with Gasteiger partial charge >= 0.3 is 6.18 Å². The van der Waals surface area contributed by atoms with Crippen molar-refractivity contribution in [1.82, 2.24) is 4.98 Å². The molecule has 0 bridgehead atoms. The zero-order valence-electron chi connectivity index (χ0n) is 15.0. The number of aromatic nitrogens is 1. The van der Waals surface area contributed by atoms with E-state index in [-0.39, 0.29) is 11.0 Å². The van der Waals surface area contributed by atoms with Crippen molar-refractivity contribution in [2.45, 2.75) is 12.7 Å². The monoisotopic (exact) mass is 418 g/mol. The van der Waals surface area contributed by atoms with Crippen LogP contribution in [0.2, 0.25) is 0 Å². The van der Waals surface area contributed by atoms with Crippen molar-refractivity contribution in [3.8, 4) is 0 Å². The fourth-order valence-electron chi connectivity index (χ4n) is 2.43. The minimum atomic E-state index is -4.45. The summed E-state index contributed by atoms with van der Waals surface area (Å²) in [5.41, 5.74) is 7.49. The highest BCUT2D eigenvalue weighted by Gasteiger charge is 2.33. The van der Waals surface area contributed by atoms with Crippen LogP contribution in [0.5, 0.6) is 0 Å². The van der Waals surface area contributed by atoms with E-state index in [0.717, 1.165) is 27.8 Å². The van der Waals surface area contributed by atoms with Crippen molar-refractivity contribution < 1.29 is 18.0 Å². The molecule has 1 aromatic heterocycles. The number of para-hydroxylation sites is 2. The lowest BCUT2D eigenvalue weighted by atomic mass is 10.1. The summed E-state index contributed by atoms with van der Waals surface area (Å²) in [6.07, 6.45) is -1.43. The molecule has 0 aliphatic heterocycles. The third-order valence-electron chi connectivity index (χ3n) is 3.84. The Labute approximate surface area is 169 Å². The first-order chi connectivity index (χ1) is 13.8. The number of hydrogen-bond donors (Lipinski definition) is 3. The highest BCUT2D eigenvalue weighted by Crippen LogP contribution is 2.31. The molecule has 4 N–H and O–H groups in total. The van der Waals surface area contributed by atoms with Gasteiger partial charge in [0.1, 0.15) is 0 Å². The molecule has 2 aromatic carbocycles. The number of rotatable bonds is 6. The fourth-order valence-corrected chi connectivity index (χ4v) is 3.14. The molecule has 1 amide bonds. The number of halogens is 3. The van der Waals surface area contributed by atoms with Crippen LogP contribution in [0.15, 0.2) is 60.0 Å². The van der Waals surface area contributed by atoms with Gasteiger partial charge in [-0.15, -0.1) is 11.3 Å². The van der Waals surface area contributed by atoms with E-state index in [1.807, 2.05) is 18.2 Å². The number of hydrogen-bond acceptors (Lipinski definition) is 5. The molecule has 5 nitrogen and oxygen atoms in total. The number of nitrogens with two attached hydrogens (primary N) is 1. The molecular weight excluding hydrogens is 401 g/mol. The van der Waals surface area contributed by atoms with Gasteiger partial charge in [-0.2, -0.15) is 13.2 Å². The van der Waals surface area contributed by atoms with E-state index in [0.29, 0.717) is 17.9 Å². The van der Waals surface area contributed by atoms with E-state index in [1.54, 1.807) is 36.4 Å². The Bertz CT molecular complexity index is 1030. The largest absolute Gasteiger partial charge is 0.434 e. The normalized spacial score (nSPS) is 11.6. The Hall–Kier alpha value is -3.33. The second-order valence-electron chi connectivity index (χ2n) is 6.04. The number of nitrogen functional groups attached to an aromatic ring is 1. The molecule has 0 saturated heterocycles. The Morgan fingerprint density at radius 2 is 1.97 bits per heavy atom. The summed E-state index contributed by atoms with van der Waals surface area (Å²) in [6.45, 7) is 0.305. The summed E-state index contributed by atoms with van der Waals surface area (Å²) in [5, 5.41) is 6.73. The maximum Gasteiger partial charge on any atom is 0.434 e. The van der Waals surface area contributed by atoms with Crippen molar-refractivity contribution in [2.75, 3.05) is 16.4 Å². The molecule has 3 aromatic rings. The zero-order chi connectivity index (χ0) is 20.9. The van der Waals surface area contributed by atoms with Crippen molar-refractivity contribution in [3.05, 3.63) is 76.8 Å². The maximum atomic E-state index is 12.6. The van der Waals surface area contributed by atoms with Gasteiger partial charge in [0.25, 0.3) is 0 Å². The molecule has 0 spiro atoms. The van der Waals surface area contributed by atoms with Gasteiger partial charge in [0.05, 0.1) is 11.4 Å². The SMILES string of the molecule is Nc1ccccc1NC(=O)/C=C/c1cccc(CNc2nc(C(F)(F)F)cs2)c1. The van der Waals surface area contributed by atoms with Gasteiger partial charge in [-0.05, 0) is 35.4 Å². The topological polar surface area (TPSA) is 80.0 Å². The molecule has 3 rings (SSSR count). The molecule has 0 aliphatic rings. The number of nitrogens with zero attached hydrogens (tertiary/aromatic N) is 1. The number of carbonyl (C=O) groups is 1. The first-order valence-electron chi connectivity index (χ1n) is 8.50. The second kappa shape index (κ2) is 8.78. The van der Waals surface area contributed by atoms with Crippen molar-refractivity contribution in [2.24, 2.45) is 0 Å². The summed E-state index contributed by atoms with van der Waals surface area (Å²) in [4.78, 5) is 15.6. The molecule has 29 heavy (non-hydrogen) atoms. The summed E-state index contributed by atoms with van der Waals surface area (Å²) in [6, 6.07) is 14.2. The van der Waals surface area contributed by atoms with Crippen LogP contribution in [-0.4, -0.2) is 10.9 Å².